The predicted octanol–water partition coefficient (Wildman–Crippen LogP) is 4.20. The fraction of sp³-hybridized carbons (Fsp3) is 0.185. The minimum Gasteiger partial charge on any atom is -0.396 e. The molecule has 1 aliphatic rings. The van der Waals surface area contributed by atoms with Gasteiger partial charge in [-0.1, -0.05) is 35.9 Å². The highest BCUT2D eigenvalue weighted by atomic mass is 35.5. The number of nitrogens with two attached hydrogens (primary N) is 1. The zero-order valence-corrected chi connectivity index (χ0v) is 21.1. The maximum Gasteiger partial charge on any atom is 0.272 e. The third-order valence-corrected chi connectivity index (χ3v) is 6.78. The van der Waals surface area contributed by atoms with Crippen molar-refractivity contribution in [1.29, 1.82) is 0 Å². The second kappa shape index (κ2) is 10.8. The van der Waals surface area contributed by atoms with Crippen molar-refractivity contribution in [3.05, 3.63) is 88.6 Å². The van der Waals surface area contributed by atoms with Crippen molar-refractivity contribution < 1.29 is 23.5 Å². The van der Waals surface area contributed by atoms with Crippen LogP contribution in [0.2, 0.25) is 5.02 Å². The number of hydrogen-bond acceptors (Lipinski definition) is 6. The van der Waals surface area contributed by atoms with Crippen LogP contribution in [0, 0.1) is 17.6 Å². The van der Waals surface area contributed by atoms with Gasteiger partial charge in [0.2, 0.25) is 0 Å². The van der Waals surface area contributed by atoms with Crippen molar-refractivity contribution in [2.24, 2.45) is 5.92 Å². The molecule has 0 aliphatic heterocycles. The molecule has 1 fully saturated rings. The number of carbonyl (C=O) groups is 2. The first-order chi connectivity index (χ1) is 18.7. The number of nitrogen functional groups attached to an aromatic ring is 1. The smallest absolute Gasteiger partial charge is 0.272 e. The number of carbonyl (C=O) groups excluding carboxylic acids is 2. The summed E-state index contributed by atoms with van der Waals surface area (Å²) in [5, 5.41) is 19.3. The Labute approximate surface area is 226 Å². The summed E-state index contributed by atoms with van der Waals surface area (Å²) in [5.74, 6) is -3.16. The van der Waals surface area contributed by atoms with Crippen LogP contribution in [0.15, 0.2) is 60.7 Å². The van der Waals surface area contributed by atoms with Crippen molar-refractivity contribution in [1.82, 2.24) is 20.1 Å². The number of anilines is 2. The van der Waals surface area contributed by atoms with E-state index in [1.165, 1.54) is 28.9 Å². The van der Waals surface area contributed by atoms with E-state index in [1.54, 1.807) is 24.3 Å². The summed E-state index contributed by atoms with van der Waals surface area (Å²) in [6, 6.07) is 15.0. The second-order valence-electron chi connectivity index (χ2n) is 9.19. The summed E-state index contributed by atoms with van der Waals surface area (Å²) in [6.45, 7) is 0.0756. The summed E-state index contributed by atoms with van der Waals surface area (Å²) in [5.41, 5.74) is 6.06. The van der Waals surface area contributed by atoms with Gasteiger partial charge in [0.25, 0.3) is 11.8 Å². The predicted molar refractivity (Wildman–Crippen MR) is 142 cm³/mol. The van der Waals surface area contributed by atoms with Crippen LogP contribution in [0.5, 0.6) is 0 Å². The minimum atomic E-state index is -0.997. The Hall–Kier alpha value is -4.35. The Kier molecular flexibility index (Phi) is 7.27. The number of para-hydroxylation sites is 1. The maximum atomic E-state index is 14.4. The quantitative estimate of drug-likeness (QED) is 0.271. The van der Waals surface area contributed by atoms with Crippen molar-refractivity contribution in [3.8, 4) is 16.9 Å². The van der Waals surface area contributed by atoms with Crippen LogP contribution in [0.3, 0.4) is 0 Å². The number of pyridine rings is 1. The molecule has 2 aromatic heterocycles. The molecule has 0 bridgehead atoms. The SMILES string of the molecule is Nc1nc(-c2ccc(Cl)c(C(=O)Nc3cc(C(=O)N[C@H]4C[C@H](CO)C4)nn3-c3ccccc3)c2)c(F)cc1F. The van der Waals surface area contributed by atoms with E-state index >= 15 is 0 Å². The molecule has 1 aliphatic carbocycles. The van der Waals surface area contributed by atoms with Crippen LogP contribution in [0.25, 0.3) is 16.9 Å². The lowest BCUT2D eigenvalue weighted by Gasteiger charge is -2.34. The van der Waals surface area contributed by atoms with E-state index in [1.807, 2.05) is 6.07 Å². The van der Waals surface area contributed by atoms with Crippen molar-refractivity contribution in [2.75, 3.05) is 17.7 Å². The van der Waals surface area contributed by atoms with Gasteiger partial charge in [-0.25, -0.2) is 18.4 Å². The number of nitrogens with one attached hydrogen (secondary N) is 2. The van der Waals surface area contributed by atoms with Crippen molar-refractivity contribution >= 4 is 35.1 Å². The molecule has 2 amide bonds. The topological polar surface area (TPSA) is 135 Å². The molecule has 2 heterocycles. The van der Waals surface area contributed by atoms with E-state index in [-0.39, 0.29) is 51.9 Å². The average molecular weight is 553 g/mol. The number of halogens is 3. The van der Waals surface area contributed by atoms with E-state index in [0.717, 1.165) is 0 Å². The number of rotatable bonds is 7. The molecule has 5 rings (SSSR count). The third kappa shape index (κ3) is 5.45. The first kappa shape index (κ1) is 26.3. The molecule has 0 atom stereocenters. The first-order valence-corrected chi connectivity index (χ1v) is 12.4. The lowest BCUT2D eigenvalue weighted by molar-refractivity contribution is 0.0827. The van der Waals surface area contributed by atoms with E-state index in [0.29, 0.717) is 24.6 Å². The summed E-state index contributed by atoms with van der Waals surface area (Å²) < 4.78 is 29.4. The minimum absolute atomic E-state index is 0.0189. The molecule has 0 unspecified atom stereocenters. The lowest BCUT2D eigenvalue weighted by atomic mass is 9.81. The molecule has 39 heavy (non-hydrogen) atoms. The van der Waals surface area contributed by atoms with Crippen LogP contribution < -0.4 is 16.4 Å². The number of amides is 2. The van der Waals surface area contributed by atoms with Gasteiger partial charge < -0.3 is 21.5 Å². The molecule has 0 saturated heterocycles. The molecular formula is C27H23ClF2N6O3. The van der Waals surface area contributed by atoms with Crippen LogP contribution in [-0.2, 0) is 0 Å². The van der Waals surface area contributed by atoms with Gasteiger partial charge in [-0.3, -0.25) is 9.59 Å². The highest BCUT2D eigenvalue weighted by Crippen LogP contribution is 2.29. The van der Waals surface area contributed by atoms with E-state index in [2.05, 4.69) is 20.7 Å². The number of nitrogens with zero attached hydrogens (tertiary/aromatic N) is 3. The Balaban J connectivity index is 1.44. The summed E-state index contributed by atoms with van der Waals surface area (Å²) in [6.07, 6.45) is 1.35. The van der Waals surface area contributed by atoms with Crippen LogP contribution in [-0.4, -0.2) is 44.3 Å². The second-order valence-corrected chi connectivity index (χ2v) is 9.59. The largest absolute Gasteiger partial charge is 0.396 e. The average Bonchev–Trinajstić information content (AvgIpc) is 3.32. The number of hydrogen-bond donors (Lipinski definition) is 4. The standard InChI is InChI=1S/C27H23ClF2N6O3/c28-19-7-6-15(24-20(29)11-21(30)25(31)34-24)10-18(19)26(38)33-23-12-22(27(39)32-16-8-14(9-16)13-37)35-36(23)17-4-2-1-3-5-17/h1-7,10-12,14,16,37H,8-9,13H2,(H2,31,34)(H,32,39)(H,33,38)/t14-,16-. The zero-order valence-electron chi connectivity index (χ0n) is 20.4. The Morgan fingerprint density at radius 2 is 1.79 bits per heavy atom. The monoisotopic (exact) mass is 552 g/mol. The van der Waals surface area contributed by atoms with Gasteiger partial charge in [0, 0.05) is 30.3 Å². The first-order valence-electron chi connectivity index (χ1n) is 12.0. The molecule has 0 radical (unpaired) electrons. The van der Waals surface area contributed by atoms with Crippen LogP contribution >= 0.6 is 11.6 Å². The zero-order chi connectivity index (χ0) is 27.7. The van der Waals surface area contributed by atoms with Gasteiger partial charge in [0.1, 0.15) is 11.5 Å². The highest BCUT2D eigenvalue weighted by molar-refractivity contribution is 6.34. The normalized spacial score (nSPS) is 16.4. The van der Waals surface area contributed by atoms with E-state index in [4.69, 9.17) is 17.3 Å². The van der Waals surface area contributed by atoms with E-state index < -0.39 is 29.3 Å². The van der Waals surface area contributed by atoms with Crippen molar-refractivity contribution in [3.63, 3.8) is 0 Å². The highest BCUT2D eigenvalue weighted by Gasteiger charge is 2.30. The molecule has 5 N–H and O–H groups in total. The molecule has 2 aromatic carbocycles. The fourth-order valence-corrected chi connectivity index (χ4v) is 4.53. The maximum absolute atomic E-state index is 14.4. The van der Waals surface area contributed by atoms with Crippen LogP contribution in [0.1, 0.15) is 33.7 Å². The molecule has 1 saturated carbocycles. The lowest BCUT2D eigenvalue weighted by Crippen LogP contribution is -2.45. The van der Waals surface area contributed by atoms with Gasteiger partial charge in [0.15, 0.2) is 23.1 Å². The van der Waals surface area contributed by atoms with Gasteiger partial charge in [-0.05, 0) is 43.0 Å². The number of aliphatic hydroxyl groups excluding tert-OH is 1. The van der Waals surface area contributed by atoms with Gasteiger partial charge >= 0.3 is 0 Å². The summed E-state index contributed by atoms with van der Waals surface area (Å²) in [7, 11) is 0. The van der Waals surface area contributed by atoms with Crippen LogP contribution in [0.4, 0.5) is 20.4 Å². The Morgan fingerprint density at radius 3 is 2.51 bits per heavy atom. The third-order valence-electron chi connectivity index (χ3n) is 6.45. The molecule has 4 aromatic rings. The summed E-state index contributed by atoms with van der Waals surface area (Å²) >= 11 is 6.29. The Bertz CT molecular complexity index is 1560. The number of benzene rings is 2. The Morgan fingerprint density at radius 1 is 1.05 bits per heavy atom. The summed E-state index contributed by atoms with van der Waals surface area (Å²) in [4.78, 5) is 30.0. The fourth-order valence-electron chi connectivity index (χ4n) is 4.32. The molecule has 0 spiro atoms. The molecule has 9 nitrogen and oxygen atoms in total. The molecular weight excluding hydrogens is 530 g/mol. The molecule has 200 valence electrons. The van der Waals surface area contributed by atoms with Gasteiger partial charge in [-0.15, -0.1) is 0 Å². The van der Waals surface area contributed by atoms with Gasteiger partial charge in [-0.2, -0.15) is 5.10 Å². The number of aliphatic hydroxyl groups is 1. The number of aromatic nitrogens is 3. The van der Waals surface area contributed by atoms with Crippen molar-refractivity contribution in [2.45, 2.75) is 18.9 Å². The van der Waals surface area contributed by atoms with E-state index in [9.17, 15) is 23.5 Å². The van der Waals surface area contributed by atoms with Gasteiger partial charge in [0.05, 0.1) is 16.3 Å². The molecule has 12 heteroatoms.